The third kappa shape index (κ3) is 4.94. The molecule has 1 heterocycles. The van der Waals surface area contributed by atoms with Crippen molar-refractivity contribution < 1.29 is 13.2 Å². The second-order valence-corrected chi connectivity index (χ2v) is 9.27. The first kappa shape index (κ1) is 19.7. The van der Waals surface area contributed by atoms with Crippen LogP contribution in [0.15, 0.2) is 52.5 Å². The zero-order chi connectivity index (χ0) is 18.6. The van der Waals surface area contributed by atoms with E-state index in [-0.39, 0.29) is 10.8 Å². The molecule has 2 rings (SSSR count). The lowest BCUT2D eigenvalue weighted by atomic mass is 10.3. The number of benzene rings is 1. The molecule has 1 N–H and O–H groups in total. The maximum atomic E-state index is 12.3. The minimum atomic E-state index is -3.52. The molecule has 0 fully saturated rings. The van der Waals surface area contributed by atoms with Gasteiger partial charge in [0, 0.05) is 20.3 Å². The van der Waals surface area contributed by atoms with Gasteiger partial charge in [-0.2, -0.15) is 0 Å². The summed E-state index contributed by atoms with van der Waals surface area (Å²) in [5, 5.41) is 3.35. The van der Waals surface area contributed by atoms with Crippen molar-refractivity contribution in [1.29, 1.82) is 0 Å². The Hall–Kier alpha value is -1.61. The molecule has 0 radical (unpaired) electrons. The highest BCUT2D eigenvalue weighted by molar-refractivity contribution is 8.00. The summed E-state index contributed by atoms with van der Waals surface area (Å²) in [6.07, 6.45) is 1.29. The molecule has 1 amide bonds. The molecule has 0 spiro atoms. The van der Waals surface area contributed by atoms with Gasteiger partial charge in [-0.1, -0.05) is 35.5 Å². The summed E-state index contributed by atoms with van der Waals surface area (Å²) in [7, 11) is -0.601. The standard InChI is InChI=1S/C16H18ClN3O3S2/c1-11(16(21)19-14-7-5-4-6-13(14)17)24-15-9-8-12(10-18-15)25(22,23)20(2)3/h4-11H,1-3H3,(H,19,21). The predicted molar refractivity (Wildman–Crippen MR) is 101 cm³/mol. The summed E-state index contributed by atoms with van der Waals surface area (Å²) in [6.45, 7) is 1.74. The van der Waals surface area contributed by atoms with Gasteiger partial charge in [0.2, 0.25) is 15.9 Å². The lowest BCUT2D eigenvalue weighted by Gasteiger charge is -2.13. The van der Waals surface area contributed by atoms with E-state index in [2.05, 4.69) is 10.3 Å². The average molecular weight is 400 g/mol. The van der Waals surface area contributed by atoms with Gasteiger partial charge in [-0.3, -0.25) is 4.79 Å². The summed E-state index contributed by atoms with van der Waals surface area (Å²) >= 11 is 7.25. The van der Waals surface area contributed by atoms with E-state index in [9.17, 15) is 13.2 Å². The molecule has 134 valence electrons. The molecule has 2 aromatic rings. The lowest BCUT2D eigenvalue weighted by Crippen LogP contribution is -2.23. The first-order valence-corrected chi connectivity index (χ1v) is 10.0. The third-order valence-corrected chi connectivity index (χ3v) is 6.47. The van der Waals surface area contributed by atoms with Crippen molar-refractivity contribution in [2.75, 3.05) is 19.4 Å². The molecular weight excluding hydrogens is 382 g/mol. The van der Waals surface area contributed by atoms with Crippen LogP contribution in [0, 0.1) is 0 Å². The molecule has 1 atom stereocenters. The van der Waals surface area contributed by atoms with Gasteiger partial charge in [0.05, 0.1) is 21.0 Å². The van der Waals surface area contributed by atoms with Gasteiger partial charge in [0.15, 0.2) is 0 Å². The number of nitrogens with one attached hydrogen (secondary N) is 1. The van der Waals surface area contributed by atoms with E-state index in [1.807, 2.05) is 0 Å². The van der Waals surface area contributed by atoms with Crippen LogP contribution in [0.25, 0.3) is 0 Å². The van der Waals surface area contributed by atoms with Gasteiger partial charge >= 0.3 is 0 Å². The van der Waals surface area contributed by atoms with E-state index in [1.54, 1.807) is 37.3 Å². The molecule has 0 saturated heterocycles. The van der Waals surface area contributed by atoms with Gasteiger partial charge in [-0.05, 0) is 31.2 Å². The van der Waals surface area contributed by atoms with E-state index in [0.29, 0.717) is 15.7 Å². The van der Waals surface area contributed by atoms with Crippen LogP contribution in [-0.2, 0) is 14.8 Å². The van der Waals surface area contributed by atoms with Crippen LogP contribution in [0.2, 0.25) is 5.02 Å². The minimum Gasteiger partial charge on any atom is -0.324 e. The Labute approximate surface area is 156 Å². The van der Waals surface area contributed by atoms with E-state index in [1.165, 1.54) is 38.1 Å². The zero-order valence-electron chi connectivity index (χ0n) is 13.9. The molecule has 0 saturated carbocycles. The highest BCUT2D eigenvalue weighted by atomic mass is 35.5. The second-order valence-electron chi connectivity index (χ2n) is 5.35. The number of hydrogen-bond donors (Lipinski definition) is 1. The van der Waals surface area contributed by atoms with E-state index in [0.717, 1.165) is 4.31 Å². The number of amides is 1. The second kappa shape index (κ2) is 8.18. The highest BCUT2D eigenvalue weighted by Gasteiger charge is 2.19. The van der Waals surface area contributed by atoms with Gasteiger partial charge in [0.1, 0.15) is 4.90 Å². The number of hydrogen-bond acceptors (Lipinski definition) is 5. The van der Waals surface area contributed by atoms with Crippen LogP contribution >= 0.6 is 23.4 Å². The molecule has 0 bridgehead atoms. The number of anilines is 1. The number of carbonyl (C=O) groups excluding carboxylic acids is 1. The molecule has 0 aliphatic carbocycles. The summed E-state index contributed by atoms with van der Waals surface area (Å²) < 4.78 is 25.1. The molecule has 6 nitrogen and oxygen atoms in total. The van der Waals surface area contributed by atoms with E-state index >= 15 is 0 Å². The zero-order valence-corrected chi connectivity index (χ0v) is 16.3. The Morgan fingerprint density at radius 3 is 2.48 bits per heavy atom. The normalized spacial score (nSPS) is 12.8. The van der Waals surface area contributed by atoms with Crippen LogP contribution in [0.3, 0.4) is 0 Å². The lowest BCUT2D eigenvalue weighted by molar-refractivity contribution is -0.115. The number of para-hydroxylation sites is 1. The van der Waals surface area contributed by atoms with Crippen LogP contribution in [0.4, 0.5) is 5.69 Å². The highest BCUT2D eigenvalue weighted by Crippen LogP contribution is 2.25. The first-order chi connectivity index (χ1) is 11.7. The van der Waals surface area contributed by atoms with Crippen molar-refractivity contribution in [2.45, 2.75) is 22.1 Å². The Morgan fingerprint density at radius 1 is 1.24 bits per heavy atom. The molecule has 0 aliphatic heterocycles. The maximum absolute atomic E-state index is 12.3. The monoisotopic (exact) mass is 399 g/mol. The molecule has 1 aromatic heterocycles. The SMILES string of the molecule is CC(Sc1ccc(S(=O)(=O)N(C)C)cn1)C(=O)Nc1ccccc1Cl. The van der Waals surface area contributed by atoms with Crippen molar-refractivity contribution in [1.82, 2.24) is 9.29 Å². The Bertz CT molecular complexity index is 855. The van der Waals surface area contributed by atoms with Crippen LogP contribution in [-0.4, -0.2) is 43.0 Å². The number of halogens is 1. The maximum Gasteiger partial charge on any atom is 0.244 e. The predicted octanol–water partition coefficient (Wildman–Crippen LogP) is 3.10. The van der Waals surface area contributed by atoms with E-state index < -0.39 is 15.3 Å². The largest absolute Gasteiger partial charge is 0.324 e. The molecule has 0 aliphatic rings. The third-order valence-electron chi connectivity index (χ3n) is 3.29. The van der Waals surface area contributed by atoms with Gasteiger partial charge in [-0.15, -0.1) is 0 Å². The molecule has 25 heavy (non-hydrogen) atoms. The number of sulfonamides is 1. The molecule has 1 unspecified atom stereocenters. The van der Waals surface area contributed by atoms with Crippen LogP contribution < -0.4 is 5.32 Å². The topological polar surface area (TPSA) is 79.4 Å². The number of nitrogens with zero attached hydrogens (tertiary/aromatic N) is 2. The van der Waals surface area contributed by atoms with Crippen molar-refractivity contribution in [2.24, 2.45) is 0 Å². The van der Waals surface area contributed by atoms with Gasteiger partial charge in [0.25, 0.3) is 0 Å². The summed E-state index contributed by atoms with van der Waals surface area (Å²) in [5.74, 6) is -0.218. The number of aromatic nitrogens is 1. The fourth-order valence-corrected chi connectivity index (χ4v) is 3.65. The van der Waals surface area contributed by atoms with Crippen LogP contribution in [0.1, 0.15) is 6.92 Å². The van der Waals surface area contributed by atoms with Crippen molar-refractivity contribution in [3.8, 4) is 0 Å². The van der Waals surface area contributed by atoms with Crippen molar-refractivity contribution in [3.63, 3.8) is 0 Å². The minimum absolute atomic E-state index is 0.107. The smallest absolute Gasteiger partial charge is 0.244 e. The van der Waals surface area contributed by atoms with Gasteiger partial charge < -0.3 is 5.32 Å². The number of rotatable bonds is 6. The molecular formula is C16H18ClN3O3S2. The quantitative estimate of drug-likeness (QED) is 0.755. The molecule has 1 aromatic carbocycles. The summed E-state index contributed by atoms with van der Waals surface area (Å²) in [5.41, 5.74) is 0.544. The van der Waals surface area contributed by atoms with Gasteiger partial charge in [-0.25, -0.2) is 17.7 Å². The van der Waals surface area contributed by atoms with Crippen LogP contribution in [0.5, 0.6) is 0 Å². The first-order valence-electron chi connectivity index (χ1n) is 7.32. The number of pyridine rings is 1. The molecule has 9 heteroatoms. The van der Waals surface area contributed by atoms with Crippen molar-refractivity contribution >= 4 is 45.0 Å². The number of carbonyl (C=O) groups is 1. The average Bonchev–Trinajstić information content (AvgIpc) is 2.57. The fraction of sp³-hybridized carbons (Fsp3) is 0.250. The van der Waals surface area contributed by atoms with Crippen molar-refractivity contribution in [3.05, 3.63) is 47.6 Å². The fourth-order valence-electron chi connectivity index (χ4n) is 1.83. The summed E-state index contributed by atoms with van der Waals surface area (Å²) in [6, 6.07) is 10.0. The Morgan fingerprint density at radius 2 is 1.92 bits per heavy atom. The van der Waals surface area contributed by atoms with E-state index in [4.69, 9.17) is 11.6 Å². The Kier molecular flexibility index (Phi) is 6.45. The number of thioether (sulfide) groups is 1. The Balaban J connectivity index is 2.04. The summed E-state index contributed by atoms with van der Waals surface area (Å²) in [4.78, 5) is 16.5.